The van der Waals surface area contributed by atoms with Crippen molar-refractivity contribution < 1.29 is 0 Å². The van der Waals surface area contributed by atoms with Crippen molar-refractivity contribution in [1.82, 2.24) is 19.3 Å². The van der Waals surface area contributed by atoms with E-state index in [4.69, 9.17) is 5.73 Å². The zero-order valence-electron chi connectivity index (χ0n) is 9.70. The summed E-state index contributed by atoms with van der Waals surface area (Å²) in [5.41, 5.74) is 5.92. The van der Waals surface area contributed by atoms with Gasteiger partial charge in [0.05, 0.1) is 0 Å². The van der Waals surface area contributed by atoms with E-state index in [1.165, 1.54) is 0 Å². The van der Waals surface area contributed by atoms with Gasteiger partial charge < -0.3 is 10.7 Å². The normalized spacial score (nSPS) is 15.1. The molecule has 3 heterocycles. The fraction of sp³-hybridized carbons (Fsp3) is 0.400. The lowest BCUT2D eigenvalue weighted by Gasteiger charge is -2.17. The van der Waals surface area contributed by atoms with Gasteiger partial charge in [0.15, 0.2) is 11.5 Å². The first-order valence-corrected chi connectivity index (χ1v) is 5.77. The Labute approximate surface area is 102 Å². The molecule has 0 radical (unpaired) electrons. The van der Waals surface area contributed by atoms with Crippen molar-refractivity contribution in [3.8, 4) is 0 Å². The molecule has 0 aliphatic carbocycles. The molecule has 2 aromatic heterocycles. The lowest BCUT2D eigenvalue weighted by atomic mass is 10.3. The van der Waals surface area contributed by atoms with Crippen molar-refractivity contribution in [3.63, 3.8) is 0 Å². The highest BCUT2D eigenvalue weighted by molar-refractivity contribution is 5.56. The predicted molar refractivity (Wildman–Crippen MR) is 65.1 cm³/mol. The van der Waals surface area contributed by atoms with Gasteiger partial charge in [-0.1, -0.05) is 0 Å². The number of nitrogens with zero attached hydrogens (tertiary/aromatic N) is 5. The number of H-pyrrole nitrogens is 1. The average Bonchev–Trinajstić information content (AvgIpc) is 2.98. The molecule has 0 saturated carbocycles. The minimum Gasteiger partial charge on any atom is -0.382 e. The highest BCUT2D eigenvalue weighted by Crippen LogP contribution is 2.22. The van der Waals surface area contributed by atoms with Crippen molar-refractivity contribution in [2.24, 2.45) is 10.2 Å². The molecule has 0 spiro atoms. The zero-order valence-corrected chi connectivity index (χ0v) is 9.70. The van der Waals surface area contributed by atoms with E-state index >= 15 is 0 Å². The number of aromatic amines is 1. The summed E-state index contributed by atoms with van der Waals surface area (Å²) < 4.78 is 3.39. The first-order valence-electron chi connectivity index (χ1n) is 5.77. The van der Waals surface area contributed by atoms with Crippen LogP contribution in [0.4, 0.5) is 17.5 Å². The molecule has 0 atom stereocenters. The van der Waals surface area contributed by atoms with Crippen LogP contribution in [0, 0.1) is 0 Å². The maximum atomic E-state index is 12.1. The molecule has 3 rings (SSSR count). The standard InChI is InChI=1S/C10H13N7O/c11-8-7(14-15-10-12-3-4-13-10)9(18)17-6-2-1-5-16(8)17/h3-4H,1-2,5-6,11H2,(H,12,13)/b15-14+. The molecule has 0 fully saturated rings. The quantitative estimate of drug-likeness (QED) is 0.777. The van der Waals surface area contributed by atoms with E-state index in [1.54, 1.807) is 21.8 Å². The van der Waals surface area contributed by atoms with E-state index < -0.39 is 0 Å². The molecule has 0 amide bonds. The van der Waals surface area contributed by atoms with E-state index in [0.717, 1.165) is 19.4 Å². The Bertz CT molecular complexity index is 634. The van der Waals surface area contributed by atoms with Gasteiger partial charge in [-0.25, -0.2) is 9.67 Å². The number of nitrogen functional groups attached to an aromatic ring is 1. The first-order chi connectivity index (χ1) is 8.77. The molecule has 2 aromatic rings. The minimum absolute atomic E-state index is 0.188. The van der Waals surface area contributed by atoms with Crippen LogP contribution in [0.5, 0.6) is 0 Å². The SMILES string of the molecule is Nc1c(/N=N/c2ncc[nH]2)c(=O)n2n1CCCC2. The summed E-state index contributed by atoms with van der Waals surface area (Å²) in [6, 6.07) is 0. The molecule has 3 N–H and O–H groups in total. The van der Waals surface area contributed by atoms with Crippen LogP contribution in [0.1, 0.15) is 12.8 Å². The Morgan fingerprint density at radius 3 is 2.72 bits per heavy atom. The van der Waals surface area contributed by atoms with E-state index in [0.29, 0.717) is 18.3 Å². The first kappa shape index (κ1) is 10.8. The number of aromatic nitrogens is 4. The van der Waals surface area contributed by atoms with E-state index in [-0.39, 0.29) is 11.2 Å². The second-order valence-corrected chi connectivity index (χ2v) is 4.11. The van der Waals surface area contributed by atoms with Crippen LogP contribution in [0.15, 0.2) is 27.4 Å². The third-order valence-electron chi connectivity index (χ3n) is 2.97. The highest BCUT2D eigenvalue weighted by Gasteiger charge is 2.19. The molecule has 8 nitrogen and oxygen atoms in total. The lowest BCUT2D eigenvalue weighted by Crippen LogP contribution is -2.27. The number of hydrogen-bond acceptors (Lipinski definition) is 5. The summed E-state index contributed by atoms with van der Waals surface area (Å²) >= 11 is 0. The summed E-state index contributed by atoms with van der Waals surface area (Å²) in [6.45, 7) is 1.43. The summed E-state index contributed by atoms with van der Waals surface area (Å²) in [4.78, 5) is 18.8. The van der Waals surface area contributed by atoms with Crippen molar-refractivity contribution >= 4 is 17.5 Å². The lowest BCUT2D eigenvalue weighted by molar-refractivity contribution is 0.360. The molecule has 0 saturated heterocycles. The number of fused-ring (bicyclic) bond motifs is 1. The molecular weight excluding hydrogens is 234 g/mol. The van der Waals surface area contributed by atoms with Gasteiger partial charge in [0.1, 0.15) is 0 Å². The molecule has 94 valence electrons. The van der Waals surface area contributed by atoms with Crippen LogP contribution in [-0.2, 0) is 13.1 Å². The van der Waals surface area contributed by atoms with Crippen molar-refractivity contribution in [2.75, 3.05) is 5.73 Å². The van der Waals surface area contributed by atoms with Gasteiger partial charge in [-0.2, -0.15) is 0 Å². The Kier molecular flexibility index (Phi) is 2.47. The fourth-order valence-corrected chi connectivity index (χ4v) is 2.08. The number of rotatable bonds is 2. The van der Waals surface area contributed by atoms with E-state index in [9.17, 15) is 4.79 Å². The van der Waals surface area contributed by atoms with Crippen molar-refractivity contribution in [2.45, 2.75) is 25.9 Å². The van der Waals surface area contributed by atoms with Crippen LogP contribution < -0.4 is 11.3 Å². The Balaban J connectivity index is 2.02. The zero-order chi connectivity index (χ0) is 12.5. The number of anilines is 1. The third kappa shape index (κ3) is 1.62. The van der Waals surface area contributed by atoms with Gasteiger partial charge in [0, 0.05) is 25.5 Å². The van der Waals surface area contributed by atoms with Gasteiger partial charge in [-0.05, 0) is 12.8 Å². The number of imidazole rings is 1. The largest absolute Gasteiger partial charge is 0.382 e. The molecule has 8 heteroatoms. The van der Waals surface area contributed by atoms with Crippen LogP contribution >= 0.6 is 0 Å². The van der Waals surface area contributed by atoms with Gasteiger partial charge in [0.25, 0.3) is 5.56 Å². The molecular formula is C10H13N7O. The molecule has 1 aliphatic heterocycles. The second-order valence-electron chi connectivity index (χ2n) is 4.11. The Hall–Kier alpha value is -2.38. The van der Waals surface area contributed by atoms with Gasteiger partial charge >= 0.3 is 0 Å². The molecule has 1 aliphatic rings. The predicted octanol–water partition coefficient (Wildman–Crippen LogP) is 1.16. The average molecular weight is 247 g/mol. The number of hydrogen-bond donors (Lipinski definition) is 2. The van der Waals surface area contributed by atoms with Gasteiger partial charge in [0.2, 0.25) is 5.95 Å². The van der Waals surface area contributed by atoms with Crippen LogP contribution in [0.2, 0.25) is 0 Å². The van der Waals surface area contributed by atoms with E-state index in [2.05, 4.69) is 20.2 Å². The van der Waals surface area contributed by atoms with Crippen molar-refractivity contribution in [3.05, 3.63) is 22.7 Å². The van der Waals surface area contributed by atoms with E-state index in [1.807, 2.05) is 0 Å². The highest BCUT2D eigenvalue weighted by atomic mass is 16.1. The number of azo groups is 1. The molecule has 0 bridgehead atoms. The van der Waals surface area contributed by atoms with Crippen molar-refractivity contribution in [1.29, 1.82) is 0 Å². The molecule has 0 aromatic carbocycles. The fourth-order valence-electron chi connectivity index (χ4n) is 2.08. The van der Waals surface area contributed by atoms with Gasteiger partial charge in [-0.3, -0.25) is 9.48 Å². The van der Waals surface area contributed by atoms with Crippen LogP contribution in [-0.4, -0.2) is 19.3 Å². The Morgan fingerprint density at radius 1 is 1.28 bits per heavy atom. The van der Waals surface area contributed by atoms with Gasteiger partial charge in [-0.15, -0.1) is 10.2 Å². The number of nitrogens with one attached hydrogen (secondary N) is 1. The Morgan fingerprint density at radius 2 is 2.06 bits per heavy atom. The minimum atomic E-state index is -0.192. The summed E-state index contributed by atoms with van der Waals surface area (Å²) in [6.07, 6.45) is 5.20. The summed E-state index contributed by atoms with van der Waals surface area (Å²) in [7, 11) is 0. The topological polar surface area (TPSA) is 106 Å². The summed E-state index contributed by atoms with van der Waals surface area (Å²) in [5, 5.41) is 7.76. The van der Waals surface area contributed by atoms with Crippen LogP contribution in [0.3, 0.4) is 0 Å². The maximum Gasteiger partial charge on any atom is 0.296 e. The number of nitrogens with two attached hydrogens (primary N) is 1. The summed E-state index contributed by atoms with van der Waals surface area (Å²) in [5.74, 6) is 0.720. The monoisotopic (exact) mass is 247 g/mol. The smallest absolute Gasteiger partial charge is 0.296 e. The molecule has 0 unspecified atom stereocenters. The third-order valence-corrected chi connectivity index (χ3v) is 2.97. The molecule has 18 heavy (non-hydrogen) atoms. The second kappa shape index (κ2) is 4.13. The van der Waals surface area contributed by atoms with Crippen LogP contribution in [0.25, 0.3) is 0 Å². The maximum absolute atomic E-state index is 12.1.